The van der Waals surface area contributed by atoms with Crippen molar-refractivity contribution >= 4 is 0 Å². The minimum absolute atomic E-state index is 0.290. The van der Waals surface area contributed by atoms with Crippen molar-refractivity contribution in [3.8, 4) is 0 Å². The minimum Gasteiger partial charge on any atom is -0.395 e. The molecule has 1 atom stereocenters. The fourth-order valence-electron chi connectivity index (χ4n) is 2.67. The topological polar surface area (TPSA) is 38.7 Å². The maximum absolute atomic E-state index is 9.30. The third-order valence-corrected chi connectivity index (χ3v) is 3.84. The highest BCUT2D eigenvalue weighted by Gasteiger charge is 2.28. The fraction of sp³-hybridized carbons (Fsp3) is 1.00. The summed E-state index contributed by atoms with van der Waals surface area (Å²) < 4.78 is 0. The molecular formula is C11H23N3O. The van der Waals surface area contributed by atoms with Crippen molar-refractivity contribution in [3.63, 3.8) is 0 Å². The van der Waals surface area contributed by atoms with Crippen molar-refractivity contribution in [1.82, 2.24) is 15.1 Å². The highest BCUT2D eigenvalue weighted by atomic mass is 16.3. The molecule has 0 bridgehead atoms. The first kappa shape index (κ1) is 11.3. The van der Waals surface area contributed by atoms with E-state index in [9.17, 15) is 5.11 Å². The number of rotatable bonds is 2. The highest BCUT2D eigenvalue weighted by molar-refractivity contribution is 4.85. The SMILES string of the molecule is CN1CCN(C2CCNCC2)CC1CO. The molecule has 0 spiro atoms. The van der Waals surface area contributed by atoms with Gasteiger partial charge >= 0.3 is 0 Å². The third kappa shape index (κ3) is 2.69. The fourth-order valence-corrected chi connectivity index (χ4v) is 2.67. The molecule has 0 aliphatic carbocycles. The second kappa shape index (κ2) is 5.25. The predicted molar refractivity (Wildman–Crippen MR) is 61.0 cm³/mol. The van der Waals surface area contributed by atoms with Gasteiger partial charge in [0.1, 0.15) is 0 Å². The minimum atomic E-state index is 0.290. The smallest absolute Gasteiger partial charge is 0.0599 e. The third-order valence-electron chi connectivity index (χ3n) is 3.84. The number of piperazine rings is 1. The van der Waals surface area contributed by atoms with E-state index in [-0.39, 0.29) is 6.61 Å². The van der Waals surface area contributed by atoms with Gasteiger partial charge in [0.15, 0.2) is 0 Å². The molecule has 88 valence electrons. The summed E-state index contributed by atoms with van der Waals surface area (Å²) in [6.07, 6.45) is 2.53. The van der Waals surface area contributed by atoms with Crippen molar-refractivity contribution in [2.24, 2.45) is 0 Å². The van der Waals surface area contributed by atoms with Gasteiger partial charge in [-0.15, -0.1) is 0 Å². The molecule has 1 unspecified atom stereocenters. The van der Waals surface area contributed by atoms with Crippen molar-refractivity contribution in [3.05, 3.63) is 0 Å². The molecule has 0 amide bonds. The van der Waals surface area contributed by atoms with E-state index >= 15 is 0 Å². The average Bonchev–Trinajstić information content (AvgIpc) is 2.31. The largest absolute Gasteiger partial charge is 0.395 e. The molecule has 0 saturated carbocycles. The lowest BCUT2D eigenvalue weighted by Gasteiger charge is -2.43. The van der Waals surface area contributed by atoms with E-state index in [1.807, 2.05) is 0 Å². The average molecular weight is 213 g/mol. The van der Waals surface area contributed by atoms with Crippen molar-refractivity contribution in [2.75, 3.05) is 46.4 Å². The van der Waals surface area contributed by atoms with Crippen LogP contribution in [0.4, 0.5) is 0 Å². The zero-order valence-electron chi connectivity index (χ0n) is 9.65. The van der Waals surface area contributed by atoms with Gasteiger partial charge < -0.3 is 10.4 Å². The van der Waals surface area contributed by atoms with Crippen LogP contribution in [-0.2, 0) is 0 Å². The molecule has 4 nitrogen and oxygen atoms in total. The Morgan fingerprint density at radius 1 is 1.27 bits per heavy atom. The Morgan fingerprint density at radius 2 is 2.00 bits per heavy atom. The van der Waals surface area contributed by atoms with Crippen LogP contribution in [0, 0.1) is 0 Å². The summed E-state index contributed by atoms with van der Waals surface area (Å²) in [5.41, 5.74) is 0. The van der Waals surface area contributed by atoms with Gasteiger partial charge in [-0.3, -0.25) is 9.80 Å². The van der Waals surface area contributed by atoms with Gasteiger partial charge in [0.25, 0.3) is 0 Å². The standard InChI is InChI=1S/C11H23N3O/c1-13-6-7-14(8-11(13)9-15)10-2-4-12-5-3-10/h10-12,15H,2-9H2,1H3. The summed E-state index contributed by atoms with van der Waals surface area (Å²) in [4.78, 5) is 4.85. The van der Waals surface area contributed by atoms with E-state index in [4.69, 9.17) is 0 Å². The van der Waals surface area contributed by atoms with Gasteiger partial charge in [0, 0.05) is 31.7 Å². The summed E-state index contributed by atoms with van der Waals surface area (Å²) in [5, 5.41) is 12.7. The lowest BCUT2D eigenvalue weighted by Crippen LogP contribution is -2.57. The maximum Gasteiger partial charge on any atom is 0.0599 e. The van der Waals surface area contributed by atoms with Crippen LogP contribution in [0.25, 0.3) is 0 Å². The van der Waals surface area contributed by atoms with Crippen molar-refractivity contribution < 1.29 is 5.11 Å². The van der Waals surface area contributed by atoms with E-state index < -0.39 is 0 Å². The number of hydrogen-bond acceptors (Lipinski definition) is 4. The number of piperidine rings is 1. The van der Waals surface area contributed by atoms with E-state index in [1.54, 1.807) is 0 Å². The lowest BCUT2D eigenvalue weighted by molar-refractivity contribution is 0.0279. The molecule has 2 heterocycles. The van der Waals surface area contributed by atoms with Crippen molar-refractivity contribution in [2.45, 2.75) is 24.9 Å². The first-order valence-corrected chi connectivity index (χ1v) is 6.07. The number of aliphatic hydroxyl groups excluding tert-OH is 1. The van der Waals surface area contributed by atoms with Gasteiger partial charge in [-0.2, -0.15) is 0 Å². The monoisotopic (exact) mass is 213 g/mol. The quantitative estimate of drug-likeness (QED) is 0.639. The Hall–Kier alpha value is -0.160. The number of nitrogens with zero attached hydrogens (tertiary/aromatic N) is 2. The molecular weight excluding hydrogens is 190 g/mol. The second-order valence-electron chi connectivity index (χ2n) is 4.79. The van der Waals surface area contributed by atoms with Gasteiger partial charge in [0.05, 0.1) is 6.61 Å². The predicted octanol–water partition coefficient (Wildman–Crippen LogP) is -0.653. The van der Waals surface area contributed by atoms with Crippen LogP contribution >= 0.6 is 0 Å². The molecule has 0 aromatic carbocycles. The van der Waals surface area contributed by atoms with E-state index in [2.05, 4.69) is 22.2 Å². The Morgan fingerprint density at radius 3 is 2.67 bits per heavy atom. The van der Waals surface area contributed by atoms with Crippen LogP contribution in [0.15, 0.2) is 0 Å². The molecule has 2 saturated heterocycles. The first-order valence-electron chi connectivity index (χ1n) is 6.07. The van der Waals surface area contributed by atoms with E-state index in [0.717, 1.165) is 38.8 Å². The van der Waals surface area contributed by atoms with Crippen LogP contribution in [-0.4, -0.2) is 73.4 Å². The second-order valence-corrected chi connectivity index (χ2v) is 4.79. The number of hydrogen-bond donors (Lipinski definition) is 2. The van der Waals surface area contributed by atoms with Crippen LogP contribution in [0.5, 0.6) is 0 Å². The number of aliphatic hydroxyl groups is 1. The van der Waals surface area contributed by atoms with Gasteiger partial charge in [-0.05, 0) is 33.0 Å². The molecule has 0 aromatic heterocycles. The molecule has 4 heteroatoms. The zero-order valence-corrected chi connectivity index (χ0v) is 9.65. The summed E-state index contributed by atoms with van der Waals surface area (Å²) in [6, 6.07) is 1.09. The molecule has 2 fully saturated rings. The van der Waals surface area contributed by atoms with E-state index in [0.29, 0.717) is 6.04 Å². The normalized spacial score (nSPS) is 32.0. The van der Waals surface area contributed by atoms with Gasteiger partial charge in [-0.25, -0.2) is 0 Å². The summed E-state index contributed by atoms with van der Waals surface area (Å²) >= 11 is 0. The van der Waals surface area contributed by atoms with Gasteiger partial charge in [0.2, 0.25) is 0 Å². The maximum atomic E-state index is 9.30. The van der Waals surface area contributed by atoms with Crippen LogP contribution < -0.4 is 5.32 Å². The Labute approximate surface area is 92.2 Å². The molecule has 2 aliphatic heterocycles. The van der Waals surface area contributed by atoms with Crippen molar-refractivity contribution in [1.29, 1.82) is 0 Å². The van der Waals surface area contributed by atoms with Gasteiger partial charge in [-0.1, -0.05) is 0 Å². The molecule has 2 aliphatic rings. The lowest BCUT2D eigenvalue weighted by atomic mass is 10.0. The summed E-state index contributed by atoms with van der Waals surface area (Å²) in [6.45, 7) is 5.89. The first-order chi connectivity index (χ1) is 7.31. The highest BCUT2D eigenvalue weighted by Crippen LogP contribution is 2.16. The molecule has 0 aromatic rings. The van der Waals surface area contributed by atoms with Crippen LogP contribution in [0.1, 0.15) is 12.8 Å². The van der Waals surface area contributed by atoms with Crippen LogP contribution in [0.3, 0.4) is 0 Å². The Kier molecular flexibility index (Phi) is 3.97. The summed E-state index contributed by atoms with van der Waals surface area (Å²) in [5.74, 6) is 0. The zero-order chi connectivity index (χ0) is 10.7. The van der Waals surface area contributed by atoms with Crippen LogP contribution in [0.2, 0.25) is 0 Å². The summed E-state index contributed by atoms with van der Waals surface area (Å²) in [7, 11) is 2.11. The Bertz CT molecular complexity index is 194. The molecule has 15 heavy (non-hydrogen) atoms. The molecule has 0 radical (unpaired) electrons. The number of nitrogens with one attached hydrogen (secondary N) is 1. The Balaban J connectivity index is 1.87. The molecule has 2 N–H and O–H groups in total. The molecule has 2 rings (SSSR count). The van der Waals surface area contributed by atoms with E-state index in [1.165, 1.54) is 12.8 Å². The number of likely N-dealkylation sites (N-methyl/N-ethyl adjacent to an activating group) is 1.